The van der Waals surface area contributed by atoms with Crippen molar-refractivity contribution in [3.05, 3.63) is 11.6 Å². The van der Waals surface area contributed by atoms with E-state index in [0.717, 1.165) is 44.9 Å². The number of rotatable bonds is 2. The van der Waals surface area contributed by atoms with Crippen molar-refractivity contribution < 1.29 is 19.1 Å². The molecule has 0 heterocycles. The molecular formula is C24H32O4. The quantitative estimate of drug-likeness (QED) is 0.402. The topological polar surface area (TPSA) is 52.6 Å². The number of hydrogen-bond donors (Lipinski definition) is 0. The molecular weight excluding hydrogens is 352 g/mol. The van der Waals surface area contributed by atoms with E-state index in [1.54, 1.807) is 0 Å². The molecule has 4 nitrogen and oxygen atoms in total. The molecule has 0 N–H and O–H groups in total. The number of carbonyl (C=O) groups excluding carboxylic acids is 2. The van der Waals surface area contributed by atoms with E-state index in [4.69, 9.17) is 15.9 Å². The van der Waals surface area contributed by atoms with Crippen LogP contribution in [-0.2, 0) is 19.1 Å². The molecule has 152 valence electrons. The fourth-order valence-corrected chi connectivity index (χ4v) is 7.28. The maximum Gasteiger partial charge on any atom is 0.304 e. The standard InChI is InChI=1S/C24H32O4/c1-5-24(28-16(3)26)13-11-22-21-8-6-17-14-18(27-15(2)25)7-9-19(17)20(21)10-12-23(22,24)4/h1,14,18-22H,6-13H2,2-4H3/t18-,19-,20+,21+,22-,23-,24-/m0/s1. The van der Waals surface area contributed by atoms with Gasteiger partial charge in [-0.2, -0.15) is 0 Å². The second-order valence-electron chi connectivity index (χ2n) is 9.61. The van der Waals surface area contributed by atoms with E-state index in [2.05, 4.69) is 18.9 Å². The van der Waals surface area contributed by atoms with E-state index in [0.29, 0.717) is 23.7 Å². The zero-order valence-corrected chi connectivity index (χ0v) is 17.3. The van der Waals surface area contributed by atoms with E-state index in [9.17, 15) is 9.59 Å². The van der Waals surface area contributed by atoms with Gasteiger partial charge >= 0.3 is 11.9 Å². The summed E-state index contributed by atoms with van der Waals surface area (Å²) in [5.41, 5.74) is 0.644. The van der Waals surface area contributed by atoms with Crippen LogP contribution in [0.25, 0.3) is 0 Å². The van der Waals surface area contributed by atoms with Crippen LogP contribution in [0.4, 0.5) is 0 Å². The number of carbonyl (C=O) groups is 2. The Hall–Kier alpha value is -1.76. The van der Waals surface area contributed by atoms with Gasteiger partial charge in [0, 0.05) is 19.3 Å². The lowest BCUT2D eigenvalue weighted by Crippen LogP contribution is -2.53. The third kappa shape index (κ3) is 2.90. The monoisotopic (exact) mass is 384 g/mol. The Morgan fingerprint density at radius 3 is 2.54 bits per heavy atom. The first-order chi connectivity index (χ1) is 13.3. The lowest BCUT2D eigenvalue weighted by molar-refractivity contribution is -0.167. The predicted octanol–water partition coefficient (Wildman–Crippen LogP) is 4.43. The largest absolute Gasteiger partial charge is 0.458 e. The third-order valence-corrected chi connectivity index (χ3v) is 8.40. The Balaban J connectivity index is 1.57. The van der Waals surface area contributed by atoms with Crippen molar-refractivity contribution in [3.8, 4) is 12.3 Å². The van der Waals surface area contributed by atoms with E-state index in [1.807, 2.05) is 0 Å². The minimum absolute atomic E-state index is 0.0429. The van der Waals surface area contributed by atoms with Crippen molar-refractivity contribution in [2.24, 2.45) is 29.1 Å². The van der Waals surface area contributed by atoms with Crippen molar-refractivity contribution in [1.82, 2.24) is 0 Å². The van der Waals surface area contributed by atoms with Crippen molar-refractivity contribution >= 4 is 11.9 Å². The Labute approximate surface area is 168 Å². The summed E-state index contributed by atoms with van der Waals surface area (Å²) in [6.45, 7) is 5.23. The molecule has 0 amide bonds. The van der Waals surface area contributed by atoms with Crippen LogP contribution >= 0.6 is 0 Å². The van der Waals surface area contributed by atoms with Gasteiger partial charge in [-0.25, -0.2) is 0 Å². The SMILES string of the molecule is C#C[C@]1(OC(C)=O)CC[C@H]2[C@@H]3CCC4=C[C@@H](OC(C)=O)CC[C@@H]4[C@H]3CC[C@@]21C. The Morgan fingerprint density at radius 2 is 1.86 bits per heavy atom. The second kappa shape index (κ2) is 6.94. The molecule has 28 heavy (non-hydrogen) atoms. The lowest BCUT2D eigenvalue weighted by atomic mass is 9.50. The lowest BCUT2D eigenvalue weighted by Gasteiger charge is -2.55. The van der Waals surface area contributed by atoms with Crippen LogP contribution in [0.5, 0.6) is 0 Å². The van der Waals surface area contributed by atoms with E-state index in [1.165, 1.54) is 25.8 Å². The van der Waals surface area contributed by atoms with Gasteiger partial charge in [0.25, 0.3) is 0 Å². The highest BCUT2D eigenvalue weighted by Gasteiger charge is 2.64. The Morgan fingerprint density at radius 1 is 1.07 bits per heavy atom. The smallest absolute Gasteiger partial charge is 0.304 e. The van der Waals surface area contributed by atoms with Crippen LogP contribution in [0.1, 0.15) is 72.1 Å². The highest BCUT2D eigenvalue weighted by Crippen LogP contribution is 2.65. The zero-order valence-electron chi connectivity index (χ0n) is 17.3. The number of allylic oxidation sites excluding steroid dienone is 1. The summed E-state index contributed by atoms with van der Waals surface area (Å²) in [6, 6.07) is 0. The Bertz CT molecular complexity index is 746. The predicted molar refractivity (Wildman–Crippen MR) is 106 cm³/mol. The molecule has 0 bridgehead atoms. The van der Waals surface area contributed by atoms with Crippen LogP contribution in [0.2, 0.25) is 0 Å². The van der Waals surface area contributed by atoms with E-state index >= 15 is 0 Å². The summed E-state index contributed by atoms with van der Waals surface area (Å²) >= 11 is 0. The molecule has 7 atom stereocenters. The molecule has 4 heteroatoms. The molecule has 4 aliphatic carbocycles. The molecule has 0 aromatic rings. The number of ether oxygens (including phenoxy) is 2. The molecule has 3 fully saturated rings. The third-order valence-electron chi connectivity index (χ3n) is 8.40. The highest BCUT2D eigenvalue weighted by molar-refractivity contribution is 5.67. The van der Waals surface area contributed by atoms with Gasteiger partial charge in [-0.15, -0.1) is 6.42 Å². The van der Waals surface area contributed by atoms with Gasteiger partial charge in [-0.05, 0) is 81.1 Å². The van der Waals surface area contributed by atoms with E-state index < -0.39 is 5.60 Å². The van der Waals surface area contributed by atoms with Crippen molar-refractivity contribution in [2.45, 2.75) is 83.8 Å². The van der Waals surface area contributed by atoms with Crippen molar-refractivity contribution in [3.63, 3.8) is 0 Å². The summed E-state index contributed by atoms with van der Waals surface area (Å²) in [5, 5.41) is 0. The minimum Gasteiger partial charge on any atom is -0.458 e. The summed E-state index contributed by atoms with van der Waals surface area (Å²) in [7, 11) is 0. The maximum absolute atomic E-state index is 11.8. The van der Waals surface area contributed by atoms with Crippen molar-refractivity contribution in [2.75, 3.05) is 0 Å². The molecule has 3 saturated carbocycles. The highest BCUT2D eigenvalue weighted by atomic mass is 16.6. The average molecular weight is 385 g/mol. The van der Waals surface area contributed by atoms with Crippen LogP contribution in [0, 0.1) is 41.4 Å². The molecule has 0 aliphatic heterocycles. The maximum atomic E-state index is 11.8. The number of terminal acetylenes is 1. The van der Waals surface area contributed by atoms with Gasteiger partial charge in [0.2, 0.25) is 0 Å². The van der Waals surface area contributed by atoms with E-state index in [-0.39, 0.29) is 23.5 Å². The van der Waals surface area contributed by atoms with Crippen LogP contribution in [-0.4, -0.2) is 23.6 Å². The first-order valence-electron chi connectivity index (χ1n) is 10.8. The fraction of sp³-hybridized carbons (Fsp3) is 0.750. The summed E-state index contributed by atoms with van der Waals surface area (Å²) in [5.74, 6) is 4.94. The average Bonchev–Trinajstić information content (AvgIpc) is 2.93. The first kappa shape index (κ1) is 19.6. The minimum atomic E-state index is -0.739. The molecule has 0 unspecified atom stereocenters. The molecule has 0 saturated heterocycles. The number of esters is 2. The number of fused-ring (bicyclic) bond motifs is 5. The van der Waals surface area contributed by atoms with Gasteiger partial charge < -0.3 is 9.47 Å². The summed E-state index contributed by atoms with van der Waals surface area (Å²) in [6.07, 6.45) is 16.5. The summed E-state index contributed by atoms with van der Waals surface area (Å²) < 4.78 is 11.3. The molecule has 4 rings (SSSR count). The van der Waals surface area contributed by atoms with Crippen LogP contribution in [0.3, 0.4) is 0 Å². The van der Waals surface area contributed by atoms with Crippen LogP contribution < -0.4 is 0 Å². The van der Waals surface area contributed by atoms with Gasteiger partial charge in [0.1, 0.15) is 6.10 Å². The molecule has 0 aromatic carbocycles. The molecule has 0 spiro atoms. The fourth-order valence-electron chi connectivity index (χ4n) is 7.28. The van der Waals surface area contributed by atoms with Crippen LogP contribution in [0.15, 0.2) is 11.6 Å². The Kier molecular flexibility index (Phi) is 4.84. The molecule has 0 aromatic heterocycles. The van der Waals surface area contributed by atoms with Gasteiger partial charge in [-0.1, -0.05) is 18.4 Å². The molecule has 4 aliphatic rings. The van der Waals surface area contributed by atoms with Gasteiger partial charge in [-0.3, -0.25) is 9.59 Å². The summed E-state index contributed by atoms with van der Waals surface area (Å²) in [4.78, 5) is 23.1. The van der Waals surface area contributed by atoms with Gasteiger partial charge in [0.05, 0.1) is 0 Å². The van der Waals surface area contributed by atoms with Crippen molar-refractivity contribution in [1.29, 1.82) is 0 Å². The van der Waals surface area contributed by atoms with Gasteiger partial charge in [0.15, 0.2) is 5.60 Å². The normalized spacial score (nSPS) is 44.2. The molecule has 0 radical (unpaired) electrons. The first-order valence-corrected chi connectivity index (χ1v) is 10.8. The zero-order chi connectivity index (χ0) is 20.1. The number of hydrogen-bond acceptors (Lipinski definition) is 4. The second-order valence-corrected chi connectivity index (χ2v) is 9.61.